The largest absolute Gasteiger partial charge is 0.346 e. The first kappa shape index (κ1) is 17.7. The molecule has 6 heteroatoms. The van der Waals surface area contributed by atoms with E-state index in [2.05, 4.69) is 21.8 Å². The van der Waals surface area contributed by atoms with Gasteiger partial charge in [-0.15, -0.1) is 0 Å². The van der Waals surface area contributed by atoms with E-state index in [1.54, 1.807) is 18.2 Å². The molecule has 0 bridgehead atoms. The zero-order valence-corrected chi connectivity index (χ0v) is 15.4. The summed E-state index contributed by atoms with van der Waals surface area (Å²) in [7, 11) is 1.90. The van der Waals surface area contributed by atoms with E-state index in [1.165, 1.54) is 6.92 Å². The number of fused-ring (bicyclic) bond motifs is 1. The van der Waals surface area contributed by atoms with Crippen LogP contribution in [0.5, 0.6) is 0 Å². The molecule has 0 radical (unpaired) electrons. The maximum absolute atomic E-state index is 12.5. The average molecular weight is 350 g/mol. The summed E-state index contributed by atoms with van der Waals surface area (Å²) in [5.41, 5.74) is 5.09. The van der Waals surface area contributed by atoms with Gasteiger partial charge in [0.1, 0.15) is 0 Å². The molecule has 134 valence electrons. The Balaban J connectivity index is 1.77. The van der Waals surface area contributed by atoms with Crippen LogP contribution in [0.2, 0.25) is 0 Å². The number of carbonyl (C=O) groups excluding carboxylic acids is 2. The standard InChI is InChI=1S/C20H22N4O2/c1-12-5-8-19-17(9-12)18(23-24(19)4)11-21-20(26)16-7-6-15(10-13(16)2)22-14(3)25/h5-10H,11H2,1-4H3,(H,21,26)(H,22,25). The lowest BCUT2D eigenvalue weighted by Crippen LogP contribution is -2.24. The highest BCUT2D eigenvalue weighted by molar-refractivity contribution is 5.97. The Bertz CT molecular complexity index is 1000. The number of rotatable bonds is 4. The minimum atomic E-state index is -0.164. The minimum Gasteiger partial charge on any atom is -0.346 e. The van der Waals surface area contributed by atoms with Crippen molar-refractivity contribution in [2.75, 3.05) is 5.32 Å². The molecule has 0 atom stereocenters. The molecule has 3 rings (SSSR count). The second-order valence-corrected chi connectivity index (χ2v) is 6.48. The summed E-state index contributed by atoms with van der Waals surface area (Å²) in [6.45, 7) is 5.69. The third-order valence-electron chi connectivity index (χ3n) is 4.29. The van der Waals surface area contributed by atoms with E-state index >= 15 is 0 Å². The molecule has 3 aromatic rings. The van der Waals surface area contributed by atoms with Crippen LogP contribution in [0, 0.1) is 13.8 Å². The third-order valence-corrected chi connectivity index (χ3v) is 4.29. The Morgan fingerprint density at radius 3 is 2.58 bits per heavy atom. The minimum absolute atomic E-state index is 0.140. The zero-order chi connectivity index (χ0) is 18.8. The van der Waals surface area contributed by atoms with Crippen molar-refractivity contribution in [1.82, 2.24) is 15.1 Å². The van der Waals surface area contributed by atoms with Crippen LogP contribution in [0.3, 0.4) is 0 Å². The first-order valence-corrected chi connectivity index (χ1v) is 8.44. The summed E-state index contributed by atoms with van der Waals surface area (Å²) in [4.78, 5) is 23.7. The molecule has 0 aliphatic rings. The monoisotopic (exact) mass is 350 g/mol. The molecule has 2 aromatic carbocycles. The van der Waals surface area contributed by atoms with Crippen molar-refractivity contribution in [2.24, 2.45) is 7.05 Å². The number of nitrogens with zero attached hydrogens (tertiary/aromatic N) is 2. The van der Waals surface area contributed by atoms with Crippen molar-refractivity contribution in [3.05, 3.63) is 58.8 Å². The summed E-state index contributed by atoms with van der Waals surface area (Å²) in [5, 5.41) is 11.2. The summed E-state index contributed by atoms with van der Waals surface area (Å²) >= 11 is 0. The highest BCUT2D eigenvalue weighted by Crippen LogP contribution is 2.20. The van der Waals surface area contributed by atoms with Crippen LogP contribution in [0.25, 0.3) is 10.9 Å². The molecule has 0 unspecified atom stereocenters. The van der Waals surface area contributed by atoms with E-state index in [9.17, 15) is 9.59 Å². The molecular weight excluding hydrogens is 328 g/mol. The van der Waals surface area contributed by atoms with Gasteiger partial charge >= 0.3 is 0 Å². The van der Waals surface area contributed by atoms with E-state index < -0.39 is 0 Å². The van der Waals surface area contributed by atoms with Gasteiger partial charge in [0.25, 0.3) is 5.91 Å². The quantitative estimate of drug-likeness (QED) is 0.759. The number of amides is 2. The summed E-state index contributed by atoms with van der Waals surface area (Å²) in [5.74, 6) is -0.303. The molecule has 6 nitrogen and oxygen atoms in total. The fraction of sp³-hybridized carbons (Fsp3) is 0.250. The second kappa shape index (κ2) is 7.00. The SMILES string of the molecule is CC(=O)Nc1ccc(C(=O)NCc2nn(C)c3ccc(C)cc23)c(C)c1. The van der Waals surface area contributed by atoms with Gasteiger partial charge < -0.3 is 10.6 Å². The number of hydrogen-bond donors (Lipinski definition) is 2. The topological polar surface area (TPSA) is 76.0 Å². The number of hydrogen-bond acceptors (Lipinski definition) is 3. The molecule has 0 aliphatic heterocycles. The predicted octanol–water partition coefficient (Wildman–Crippen LogP) is 3.08. The van der Waals surface area contributed by atoms with Crippen LogP contribution < -0.4 is 10.6 Å². The van der Waals surface area contributed by atoms with E-state index in [-0.39, 0.29) is 11.8 Å². The van der Waals surface area contributed by atoms with Gasteiger partial charge in [0.15, 0.2) is 0 Å². The van der Waals surface area contributed by atoms with E-state index in [0.717, 1.165) is 27.7 Å². The van der Waals surface area contributed by atoms with Crippen LogP contribution in [-0.2, 0) is 18.4 Å². The van der Waals surface area contributed by atoms with Gasteiger partial charge in [-0.3, -0.25) is 14.3 Å². The van der Waals surface area contributed by atoms with Gasteiger partial charge in [-0.05, 0) is 49.7 Å². The van der Waals surface area contributed by atoms with Crippen LogP contribution in [0.1, 0.15) is 34.1 Å². The van der Waals surface area contributed by atoms with Crippen LogP contribution in [0.4, 0.5) is 5.69 Å². The van der Waals surface area contributed by atoms with Crippen LogP contribution in [-0.4, -0.2) is 21.6 Å². The maximum Gasteiger partial charge on any atom is 0.251 e. The Hall–Kier alpha value is -3.15. The normalized spacial score (nSPS) is 10.8. The zero-order valence-electron chi connectivity index (χ0n) is 15.4. The van der Waals surface area contributed by atoms with Crippen molar-refractivity contribution in [3.8, 4) is 0 Å². The summed E-state index contributed by atoms with van der Waals surface area (Å²) in [6, 6.07) is 11.4. The van der Waals surface area contributed by atoms with Crippen molar-refractivity contribution >= 4 is 28.4 Å². The van der Waals surface area contributed by atoms with Crippen molar-refractivity contribution < 1.29 is 9.59 Å². The fourth-order valence-corrected chi connectivity index (χ4v) is 3.04. The lowest BCUT2D eigenvalue weighted by atomic mass is 10.1. The molecule has 1 aromatic heterocycles. The van der Waals surface area contributed by atoms with Gasteiger partial charge in [-0.2, -0.15) is 5.10 Å². The number of benzene rings is 2. The fourth-order valence-electron chi connectivity index (χ4n) is 3.04. The van der Waals surface area contributed by atoms with E-state index in [4.69, 9.17) is 0 Å². The highest BCUT2D eigenvalue weighted by atomic mass is 16.2. The Morgan fingerprint density at radius 2 is 1.88 bits per heavy atom. The van der Waals surface area contributed by atoms with Crippen molar-refractivity contribution in [3.63, 3.8) is 0 Å². The molecule has 0 aliphatic carbocycles. The van der Waals surface area contributed by atoms with Crippen LogP contribution >= 0.6 is 0 Å². The molecule has 0 fully saturated rings. The summed E-state index contributed by atoms with van der Waals surface area (Å²) in [6.07, 6.45) is 0. The molecular formula is C20H22N4O2. The number of nitrogens with one attached hydrogen (secondary N) is 2. The van der Waals surface area contributed by atoms with Gasteiger partial charge in [0.2, 0.25) is 5.91 Å². The third kappa shape index (κ3) is 3.59. The van der Waals surface area contributed by atoms with E-state index in [1.807, 2.05) is 37.7 Å². The second-order valence-electron chi connectivity index (χ2n) is 6.48. The van der Waals surface area contributed by atoms with Gasteiger partial charge in [-0.1, -0.05) is 11.6 Å². The van der Waals surface area contributed by atoms with E-state index in [0.29, 0.717) is 17.8 Å². The van der Waals surface area contributed by atoms with Crippen molar-refractivity contribution in [2.45, 2.75) is 27.3 Å². The highest BCUT2D eigenvalue weighted by Gasteiger charge is 2.13. The number of aromatic nitrogens is 2. The van der Waals surface area contributed by atoms with Gasteiger partial charge in [-0.25, -0.2) is 0 Å². The average Bonchev–Trinajstić information content (AvgIpc) is 2.87. The maximum atomic E-state index is 12.5. The lowest BCUT2D eigenvalue weighted by molar-refractivity contribution is -0.114. The van der Waals surface area contributed by atoms with Gasteiger partial charge in [0, 0.05) is 30.6 Å². The Morgan fingerprint density at radius 1 is 1.12 bits per heavy atom. The molecule has 2 amide bonds. The molecule has 0 saturated carbocycles. The predicted molar refractivity (Wildman–Crippen MR) is 102 cm³/mol. The molecule has 26 heavy (non-hydrogen) atoms. The number of anilines is 1. The molecule has 2 N–H and O–H groups in total. The molecule has 1 heterocycles. The number of carbonyl (C=O) groups is 2. The van der Waals surface area contributed by atoms with Gasteiger partial charge in [0.05, 0.1) is 17.8 Å². The molecule has 0 saturated heterocycles. The van der Waals surface area contributed by atoms with Crippen molar-refractivity contribution in [1.29, 1.82) is 0 Å². The molecule has 0 spiro atoms. The first-order chi connectivity index (χ1) is 12.3. The summed E-state index contributed by atoms with van der Waals surface area (Å²) < 4.78 is 1.82. The lowest BCUT2D eigenvalue weighted by Gasteiger charge is -2.09. The van der Waals surface area contributed by atoms with Crippen LogP contribution in [0.15, 0.2) is 36.4 Å². The first-order valence-electron chi connectivity index (χ1n) is 8.44. The Kier molecular flexibility index (Phi) is 4.75. The smallest absolute Gasteiger partial charge is 0.251 e. The number of aryl methyl sites for hydroxylation is 3. The Labute approximate surface area is 152 Å².